The highest BCUT2D eigenvalue weighted by Crippen LogP contribution is 2.17. The quantitative estimate of drug-likeness (QED) is 0.699. The van der Waals surface area contributed by atoms with Crippen LogP contribution in [0.15, 0.2) is 0 Å². The standard InChI is InChI=1S/C15H30N2O3/c1-4-7-16-15(19)13-5-8-17(9-6-13)10-14(18)11-20-12(2)3/h12-14,18H,4-11H2,1-3H3,(H,16,19). The normalized spacial score (nSPS) is 19.2. The molecule has 1 amide bonds. The maximum absolute atomic E-state index is 11.9. The molecule has 0 aromatic carbocycles. The van der Waals surface area contributed by atoms with Gasteiger partial charge in [-0.3, -0.25) is 4.79 Å². The van der Waals surface area contributed by atoms with Crippen molar-refractivity contribution >= 4 is 5.91 Å². The van der Waals surface area contributed by atoms with Crippen molar-refractivity contribution < 1.29 is 14.6 Å². The van der Waals surface area contributed by atoms with Gasteiger partial charge in [-0.1, -0.05) is 6.92 Å². The van der Waals surface area contributed by atoms with Crippen LogP contribution >= 0.6 is 0 Å². The maximum atomic E-state index is 11.9. The van der Waals surface area contributed by atoms with Crippen molar-refractivity contribution in [1.29, 1.82) is 0 Å². The van der Waals surface area contributed by atoms with Crippen LogP contribution in [0.1, 0.15) is 40.0 Å². The molecule has 5 nitrogen and oxygen atoms in total. The van der Waals surface area contributed by atoms with Crippen LogP contribution in [-0.2, 0) is 9.53 Å². The minimum atomic E-state index is -0.442. The Morgan fingerprint density at radius 1 is 1.40 bits per heavy atom. The molecule has 0 aromatic rings. The number of nitrogens with one attached hydrogen (secondary N) is 1. The number of nitrogens with zero attached hydrogens (tertiary/aromatic N) is 1. The zero-order valence-corrected chi connectivity index (χ0v) is 13.1. The lowest BCUT2D eigenvalue weighted by Crippen LogP contribution is -2.44. The summed E-state index contributed by atoms with van der Waals surface area (Å²) in [6.45, 7) is 9.53. The van der Waals surface area contributed by atoms with E-state index in [0.717, 1.165) is 38.9 Å². The second-order valence-corrected chi connectivity index (χ2v) is 5.90. The summed E-state index contributed by atoms with van der Waals surface area (Å²) in [5.74, 6) is 0.331. The first-order valence-electron chi connectivity index (χ1n) is 7.82. The summed E-state index contributed by atoms with van der Waals surface area (Å²) in [6.07, 6.45) is 2.45. The third-order valence-electron chi connectivity index (χ3n) is 3.60. The summed E-state index contributed by atoms with van der Waals surface area (Å²) in [4.78, 5) is 14.1. The van der Waals surface area contributed by atoms with E-state index in [0.29, 0.717) is 13.2 Å². The van der Waals surface area contributed by atoms with E-state index in [2.05, 4.69) is 17.1 Å². The zero-order chi connectivity index (χ0) is 15.0. The third kappa shape index (κ3) is 6.68. The predicted octanol–water partition coefficient (Wildman–Crippen LogP) is 1.01. The maximum Gasteiger partial charge on any atom is 0.223 e. The molecule has 0 bridgehead atoms. The number of hydrogen-bond donors (Lipinski definition) is 2. The van der Waals surface area contributed by atoms with E-state index in [1.54, 1.807) is 0 Å². The average Bonchev–Trinajstić information content (AvgIpc) is 2.43. The number of rotatable bonds is 8. The van der Waals surface area contributed by atoms with Gasteiger partial charge in [0.2, 0.25) is 5.91 Å². The summed E-state index contributed by atoms with van der Waals surface area (Å²) in [6, 6.07) is 0. The number of ether oxygens (including phenoxy) is 1. The third-order valence-corrected chi connectivity index (χ3v) is 3.60. The molecular weight excluding hydrogens is 256 g/mol. The molecule has 1 saturated heterocycles. The molecular formula is C15H30N2O3. The average molecular weight is 286 g/mol. The largest absolute Gasteiger partial charge is 0.389 e. The molecule has 0 aliphatic carbocycles. The van der Waals surface area contributed by atoms with Crippen molar-refractivity contribution in [3.8, 4) is 0 Å². The number of aliphatic hydroxyl groups excluding tert-OH is 1. The number of β-amino-alcohol motifs (C(OH)–C–C–N with tert-alkyl or cyclic N) is 1. The fourth-order valence-electron chi connectivity index (χ4n) is 2.42. The molecule has 0 radical (unpaired) electrons. The van der Waals surface area contributed by atoms with Gasteiger partial charge in [-0.15, -0.1) is 0 Å². The van der Waals surface area contributed by atoms with Gasteiger partial charge in [0.05, 0.1) is 18.8 Å². The molecule has 1 atom stereocenters. The summed E-state index contributed by atoms with van der Waals surface area (Å²) >= 11 is 0. The molecule has 118 valence electrons. The first-order valence-corrected chi connectivity index (χ1v) is 7.82. The van der Waals surface area contributed by atoms with Crippen LogP contribution in [0.4, 0.5) is 0 Å². The van der Waals surface area contributed by atoms with E-state index in [1.165, 1.54) is 0 Å². The molecule has 1 fully saturated rings. The molecule has 1 aliphatic heterocycles. The Morgan fingerprint density at radius 3 is 2.60 bits per heavy atom. The van der Waals surface area contributed by atoms with Crippen LogP contribution in [0.5, 0.6) is 0 Å². The Hall–Kier alpha value is -0.650. The lowest BCUT2D eigenvalue weighted by atomic mass is 9.95. The van der Waals surface area contributed by atoms with Gasteiger partial charge in [-0.05, 0) is 46.2 Å². The lowest BCUT2D eigenvalue weighted by Gasteiger charge is -2.32. The Morgan fingerprint density at radius 2 is 2.05 bits per heavy atom. The van der Waals surface area contributed by atoms with Crippen LogP contribution in [0, 0.1) is 5.92 Å². The molecule has 1 heterocycles. The molecule has 0 spiro atoms. The lowest BCUT2D eigenvalue weighted by molar-refractivity contribution is -0.126. The van der Waals surface area contributed by atoms with Gasteiger partial charge < -0.3 is 20.1 Å². The fourth-order valence-corrected chi connectivity index (χ4v) is 2.42. The van der Waals surface area contributed by atoms with Crippen molar-refractivity contribution in [3.63, 3.8) is 0 Å². The van der Waals surface area contributed by atoms with Crippen molar-refractivity contribution in [1.82, 2.24) is 10.2 Å². The van der Waals surface area contributed by atoms with E-state index in [9.17, 15) is 9.90 Å². The smallest absolute Gasteiger partial charge is 0.223 e. The molecule has 1 unspecified atom stereocenters. The van der Waals surface area contributed by atoms with Gasteiger partial charge in [0, 0.05) is 19.0 Å². The molecule has 1 rings (SSSR count). The monoisotopic (exact) mass is 286 g/mol. The van der Waals surface area contributed by atoms with Gasteiger partial charge in [0.25, 0.3) is 0 Å². The molecule has 20 heavy (non-hydrogen) atoms. The second-order valence-electron chi connectivity index (χ2n) is 5.90. The van der Waals surface area contributed by atoms with Crippen molar-refractivity contribution in [2.24, 2.45) is 5.92 Å². The Labute approximate surface area is 122 Å². The molecule has 1 aliphatic rings. The van der Waals surface area contributed by atoms with Gasteiger partial charge in [-0.2, -0.15) is 0 Å². The highest BCUT2D eigenvalue weighted by Gasteiger charge is 2.25. The topological polar surface area (TPSA) is 61.8 Å². The Bertz CT molecular complexity index is 276. The molecule has 0 saturated carbocycles. The van der Waals surface area contributed by atoms with E-state index in [4.69, 9.17) is 4.74 Å². The predicted molar refractivity (Wildman–Crippen MR) is 79.6 cm³/mol. The summed E-state index contributed by atoms with van der Waals surface area (Å²) in [5.41, 5.74) is 0. The molecule has 5 heteroatoms. The van der Waals surface area contributed by atoms with Gasteiger partial charge >= 0.3 is 0 Å². The van der Waals surface area contributed by atoms with Crippen LogP contribution in [0.3, 0.4) is 0 Å². The van der Waals surface area contributed by atoms with Crippen LogP contribution in [-0.4, -0.2) is 60.9 Å². The number of piperidine rings is 1. The van der Waals surface area contributed by atoms with E-state index >= 15 is 0 Å². The first-order chi connectivity index (χ1) is 9.52. The fraction of sp³-hybridized carbons (Fsp3) is 0.933. The number of hydrogen-bond acceptors (Lipinski definition) is 4. The number of carbonyl (C=O) groups is 1. The first kappa shape index (κ1) is 17.4. The number of likely N-dealkylation sites (tertiary alicyclic amines) is 1. The number of carbonyl (C=O) groups excluding carboxylic acids is 1. The molecule has 2 N–H and O–H groups in total. The Kier molecular flexibility index (Phi) is 8.11. The minimum absolute atomic E-state index is 0.141. The SMILES string of the molecule is CCCNC(=O)C1CCN(CC(O)COC(C)C)CC1. The number of aliphatic hydroxyl groups is 1. The summed E-state index contributed by atoms with van der Waals surface area (Å²) in [7, 11) is 0. The van der Waals surface area contributed by atoms with Crippen molar-refractivity contribution in [2.45, 2.75) is 52.2 Å². The van der Waals surface area contributed by atoms with E-state index in [1.807, 2.05) is 13.8 Å². The van der Waals surface area contributed by atoms with Crippen molar-refractivity contribution in [2.75, 3.05) is 32.8 Å². The van der Waals surface area contributed by atoms with Gasteiger partial charge in [-0.25, -0.2) is 0 Å². The summed E-state index contributed by atoms with van der Waals surface area (Å²) in [5, 5.41) is 12.9. The highest BCUT2D eigenvalue weighted by molar-refractivity contribution is 5.78. The van der Waals surface area contributed by atoms with E-state index < -0.39 is 6.10 Å². The number of amides is 1. The summed E-state index contributed by atoms with van der Waals surface area (Å²) < 4.78 is 5.41. The van der Waals surface area contributed by atoms with E-state index in [-0.39, 0.29) is 17.9 Å². The second kappa shape index (κ2) is 9.32. The van der Waals surface area contributed by atoms with Gasteiger partial charge in [0.15, 0.2) is 0 Å². The molecule has 0 aromatic heterocycles. The van der Waals surface area contributed by atoms with Crippen LogP contribution in [0.2, 0.25) is 0 Å². The van der Waals surface area contributed by atoms with Crippen LogP contribution < -0.4 is 5.32 Å². The van der Waals surface area contributed by atoms with Crippen LogP contribution in [0.25, 0.3) is 0 Å². The Balaban J connectivity index is 2.19. The van der Waals surface area contributed by atoms with Crippen molar-refractivity contribution in [3.05, 3.63) is 0 Å². The minimum Gasteiger partial charge on any atom is -0.389 e. The van der Waals surface area contributed by atoms with Gasteiger partial charge in [0.1, 0.15) is 0 Å². The zero-order valence-electron chi connectivity index (χ0n) is 13.1. The highest BCUT2D eigenvalue weighted by atomic mass is 16.5.